The molecule has 0 bridgehead atoms. The van der Waals surface area contributed by atoms with E-state index in [1.54, 1.807) is 29.2 Å². The van der Waals surface area contributed by atoms with E-state index >= 15 is 0 Å². The maximum Gasteiger partial charge on any atom is 0.260 e. The zero-order chi connectivity index (χ0) is 20.0. The third-order valence-electron chi connectivity index (χ3n) is 5.07. The summed E-state index contributed by atoms with van der Waals surface area (Å²) in [5, 5.41) is 2.92. The van der Waals surface area contributed by atoms with E-state index in [0.29, 0.717) is 31.8 Å². The van der Waals surface area contributed by atoms with Crippen LogP contribution in [-0.4, -0.2) is 36.4 Å². The van der Waals surface area contributed by atoms with Crippen LogP contribution in [0.2, 0.25) is 0 Å². The molecule has 2 aromatic rings. The number of ether oxygens (including phenoxy) is 1. The van der Waals surface area contributed by atoms with Gasteiger partial charge in [-0.25, -0.2) is 4.39 Å². The van der Waals surface area contributed by atoms with Gasteiger partial charge >= 0.3 is 0 Å². The van der Waals surface area contributed by atoms with Crippen LogP contribution in [0.25, 0.3) is 0 Å². The van der Waals surface area contributed by atoms with Gasteiger partial charge in [0.1, 0.15) is 11.6 Å². The van der Waals surface area contributed by atoms with Crippen LogP contribution in [0.15, 0.2) is 54.6 Å². The molecule has 1 atom stereocenters. The fourth-order valence-corrected chi connectivity index (χ4v) is 3.39. The molecule has 1 aliphatic rings. The van der Waals surface area contributed by atoms with E-state index in [4.69, 9.17) is 4.74 Å². The molecule has 0 aliphatic carbocycles. The minimum atomic E-state index is -0.652. The zero-order valence-electron chi connectivity index (χ0n) is 16.0. The number of rotatable bonds is 6. The molecule has 0 saturated carbocycles. The first-order valence-corrected chi connectivity index (χ1v) is 9.45. The Labute approximate surface area is 164 Å². The van der Waals surface area contributed by atoms with E-state index in [9.17, 15) is 14.0 Å². The molecule has 0 radical (unpaired) electrons. The Morgan fingerprint density at radius 2 is 1.86 bits per heavy atom. The third-order valence-corrected chi connectivity index (χ3v) is 5.07. The van der Waals surface area contributed by atoms with Gasteiger partial charge < -0.3 is 15.0 Å². The second-order valence-electron chi connectivity index (χ2n) is 7.39. The predicted molar refractivity (Wildman–Crippen MR) is 104 cm³/mol. The van der Waals surface area contributed by atoms with Crippen LogP contribution in [0.4, 0.5) is 4.39 Å². The highest BCUT2D eigenvalue weighted by Gasteiger charge is 2.39. The second kappa shape index (κ2) is 8.87. The molecule has 28 heavy (non-hydrogen) atoms. The highest BCUT2D eigenvalue weighted by atomic mass is 19.1. The molecule has 5 nitrogen and oxygen atoms in total. The van der Waals surface area contributed by atoms with Crippen LogP contribution in [0.5, 0.6) is 5.75 Å². The summed E-state index contributed by atoms with van der Waals surface area (Å²) in [5.41, 5.74) is 0.180. The molecule has 1 fully saturated rings. The van der Waals surface area contributed by atoms with Gasteiger partial charge in [0, 0.05) is 19.6 Å². The molecule has 2 aromatic carbocycles. The number of carbonyl (C=O) groups excluding carboxylic acids is 2. The molecule has 3 rings (SSSR count). The Kier molecular flexibility index (Phi) is 6.29. The fourth-order valence-electron chi connectivity index (χ4n) is 3.39. The van der Waals surface area contributed by atoms with Crippen LogP contribution in [0, 0.1) is 11.2 Å². The van der Waals surface area contributed by atoms with Crippen molar-refractivity contribution in [2.75, 3.05) is 19.7 Å². The number of amides is 2. The van der Waals surface area contributed by atoms with Crippen molar-refractivity contribution in [1.82, 2.24) is 10.2 Å². The highest BCUT2D eigenvalue weighted by Crippen LogP contribution is 2.30. The third kappa shape index (κ3) is 5.09. The Balaban J connectivity index is 1.53. The molecular weight excluding hydrogens is 359 g/mol. The molecular formula is C22H25FN2O3. The lowest BCUT2D eigenvalue weighted by Gasteiger charge is -2.39. The normalized spacial score (nSPS) is 19.1. The number of hydrogen-bond donors (Lipinski definition) is 1. The van der Waals surface area contributed by atoms with Crippen LogP contribution < -0.4 is 10.1 Å². The maximum absolute atomic E-state index is 13.0. The van der Waals surface area contributed by atoms with Crippen molar-refractivity contribution in [1.29, 1.82) is 0 Å². The molecule has 0 unspecified atom stereocenters. The lowest BCUT2D eigenvalue weighted by Crippen LogP contribution is -2.52. The number of benzene rings is 2. The van der Waals surface area contributed by atoms with Crippen molar-refractivity contribution in [2.24, 2.45) is 5.41 Å². The molecule has 1 aliphatic heterocycles. The van der Waals surface area contributed by atoms with Crippen molar-refractivity contribution in [3.05, 3.63) is 66.0 Å². The van der Waals surface area contributed by atoms with Gasteiger partial charge in [-0.3, -0.25) is 9.59 Å². The van der Waals surface area contributed by atoms with E-state index in [-0.39, 0.29) is 24.2 Å². The quantitative estimate of drug-likeness (QED) is 0.832. The average molecular weight is 384 g/mol. The fraction of sp³-hybridized carbons (Fsp3) is 0.364. The number of nitrogens with zero attached hydrogens (tertiary/aromatic N) is 1. The van der Waals surface area contributed by atoms with Gasteiger partial charge in [0.15, 0.2) is 6.61 Å². The second-order valence-corrected chi connectivity index (χ2v) is 7.39. The summed E-state index contributed by atoms with van der Waals surface area (Å²) in [6, 6.07) is 15.2. The maximum atomic E-state index is 13.0. The van der Waals surface area contributed by atoms with Crippen molar-refractivity contribution >= 4 is 11.8 Å². The summed E-state index contributed by atoms with van der Waals surface area (Å²) in [4.78, 5) is 27.0. The van der Waals surface area contributed by atoms with Gasteiger partial charge in [0.05, 0.1) is 5.41 Å². The number of halogens is 1. The number of piperidine rings is 1. The summed E-state index contributed by atoms with van der Waals surface area (Å²) in [6.45, 7) is 3.15. The number of hydrogen-bond acceptors (Lipinski definition) is 3. The van der Waals surface area contributed by atoms with Gasteiger partial charge in [-0.05, 0) is 49.6 Å². The summed E-state index contributed by atoms with van der Waals surface area (Å²) in [6.07, 6.45) is 1.48. The topological polar surface area (TPSA) is 58.6 Å². The molecule has 1 saturated heterocycles. The van der Waals surface area contributed by atoms with Crippen molar-refractivity contribution < 1.29 is 18.7 Å². The minimum absolute atomic E-state index is 0.0444. The number of nitrogens with one attached hydrogen (secondary N) is 1. The van der Waals surface area contributed by atoms with Gasteiger partial charge in [-0.1, -0.05) is 30.3 Å². The summed E-state index contributed by atoms with van der Waals surface area (Å²) < 4.78 is 18.5. The van der Waals surface area contributed by atoms with Crippen molar-refractivity contribution in [3.8, 4) is 5.75 Å². The van der Waals surface area contributed by atoms with E-state index in [2.05, 4.69) is 5.32 Å². The molecule has 2 amide bonds. The molecule has 0 aromatic heterocycles. The molecule has 1 N–H and O–H groups in total. The van der Waals surface area contributed by atoms with E-state index in [1.807, 2.05) is 25.1 Å². The first-order chi connectivity index (χ1) is 13.5. The van der Waals surface area contributed by atoms with Crippen LogP contribution >= 0.6 is 0 Å². The standard InChI is InChI=1S/C22H25FN2O3/c1-22(21(27)24-14-17-8-10-18(23)11-9-17)12-5-13-25(16-22)20(26)15-28-19-6-3-2-4-7-19/h2-4,6-11H,5,12-16H2,1H3,(H,24,27)/t22-/m1/s1. The monoisotopic (exact) mass is 384 g/mol. The zero-order valence-corrected chi connectivity index (χ0v) is 16.0. The minimum Gasteiger partial charge on any atom is -0.484 e. The number of carbonyl (C=O) groups is 2. The summed E-state index contributed by atoms with van der Waals surface area (Å²) >= 11 is 0. The van der Waals surface area contributed by atoms with Gasteiger partial charge in [0.2, 0.25) is 5.91 Å². The molecule has 0 spiro atoms. The Morgan fingerprint density at radius 3 is 2.57 bits per heavy atom. The van der Waals surface area contributed by atoms with Gasteiger partial charge in [0.25, 0.3) is 5.91 Å². The SMILES string of the molecule is C[C@@]1(C(=O)NCc2ccc(F)cc2)CCCN(C(=O)COc2ccccc2)C1. The van der Waals surface area contributed by atoms with Crippen LogP contribution in [-0.2, 0) is 16.1 Å². The average Bonchev–Trinajstić information content (AvgIpc) is 2.72. The first kappa shape index (κ1) is 19.9. The Bertz CT molecular complexity index is 810. The van der Waals surface area contributed by atoms with E-state index < -0.39 is 5.41 Å². The largest absolute Gasteiger partial charge is 0.484 e. The summed E-state index contributed by atoms with van der Waals surface area (Å²) in [7, 11) is 0. The Hall–Kier alpha value is -2.89. The first-order valence-electron chi connectivity index (χ1n) is 9.45. The Morgan fingerprint density at radius 1 is 1.14 bits per heavy atom. The van der Waals surface area contributed by atoms with Gasteiger partial charge in [-0.15, -0.1) is 0 Å². The number of para-hydroxylation sites is 1. The van der Waals surface area contributed by atoms with E-state index in [1.165, 1.54) is 12.1 Å². The van der Waals surface area contributed by atoms with E-state index in [0.717, 1.165) is 12.0 Å². The summed E-state index contributed by atoms with van der Waals surface area (Å²) in [5.74, 6) is 0.119. The molecule has 1 heterocycles. The predicted octanol–water partition coefficient (Wildman–Crippen LogP) is 3.15. The van der Waals surface area contributed by atoms with Crippen molar-refractivity contribution in [2.45, 2.75) is 26.3 Å². The lowest BCUT2D eigenvalue weighted by molar-refractivity contribution is -0.142. The number of likely N-dealkylation sites (tertiary alicyclic amines) is 1. The van der Waals surface area contributed by atoms with Crippen LogP contribution in [0.3, 0.4) is 0 Å². The molecule has 6 heteroatoms. The van der Waals surface area contributed by atoms with Crippen LogP contribution in [0.1, 0.15) is 25.3 Å². The lowest BCUT2D eigenvalue weighted by atomic mass is 9.81. The highest BCUT2D eigenvalue weighted by molar-refractivity contribution is 5.84. The van der Waals surface area contributed by atoms with Gasteiger partial charge in [-0.2, -0.15) is 0 Å². The smallest absolute Gasteiger partial charge is 0.260 e. The van der Waals surface area contributed by atoms with Crippen molar-refractivity contribution in [3.63, 3.8) is 0 Å². The molecule has 148 valence electrons.